The summed E-state index contributed by atoms with van der Waals surface area (Å²) in [6.45, 7) is 0.0389. The fourth-order valence-electron chi connectivity index (χ4n) is 4.49. The lowest BCUT2D eigenvalue weighted by molar-refractivity contribution is -0.143. The van der Waals surface area contributed by atoms with E-state index >= 15 is 0 Å². The Morgan fingerprint density at radius 1 is 0.972 bits per heavy atom. The first kappa shape index (κ1) is 26.5. The molecule has 1 N–H and O–H groups in total. The minimum atomic E-state index is -0.697. The third-order valence-electron chi connectivity index (χ3n) is 6.45. The normalized spacial score (nSPS) is 14.3. The number of rotatable bonds is 10. The van der Waals surface area contributed by atoms with Crippen molar-refractivity contribution < 1.29 is 14.3 Å². The Kier molecular flexibility index (Phi) is 9.64. The Labute approximate surface area is 231 Å². The van der Waals surface area contributed by atoms with Crippen LogP contribution in [0.4, 0.5) is 0 Å². The van der Waals surface area contributed by atoms with Gasteiger partial charge in [-0.1, -0.05) is 73.0 Å². The summed E-state index contributed by atoms with van der Waals surface area (Å²) in [7, 11) is 0. The fourth-order valence-corrected chi connectivity index (χ4v) is 5.05. The van der Waals surface area contributed by atoms with Crippen LogP contribution in [0.2, 0.25) is 5.02 Å². The second-order valence-electron chi connectivity index (χ2n) is 9.05. The van der Waals surface area contributed by atoms with E-state index in [1.165, 1.54) is 0 Å². The van der Waals surface area contributed by atoms with Crippen LogP contribution in [0, 0.1) is 3.57 Å². The van der Waals surface area contributed by atoms with E-state index in [1.54, 1.807) is 11.0 Å². The second kappa shape index (κ2) is 13.1. The second-order valence-corrected chi connectivity index (χ2v) is 10.7. The van der Waals surface area contributed by atoms with Crippen LogP contribution >= 0.6 is 34.2 Å². The van der Waals surface area contributed by atoms with Crippen LogP contribution in [0.3, 0.4) is 0 Å². The first-order chi connectivity index (χ1) is 17.5. The number of halogens is 2. The number of hydrogen-bond donors (Lipinski definition) is 1. The standard InChI is InChI=1S/C29H30ClIN2O3/c30-26-13-7-4-10-22(26)19-33(28(34)20-36-25-16-14-23(31)15-17-25)27(18-21-8-2-1-3-9-21)29(35)32-24-11-5-6-12-24/h1-4,7-10,13-17,24,27H,5-6,11-12,18-20H2,(H,32,35)/t27-/m1/s1. The van der Waals surface area contributed by atoms with Gasteiger partial charge in [-0.15, -0.1) is 0 Å². The Balaban J connectivity index is 1.61. The van der Waals surface area contributed by atoms with E-state index in [4.69, 9.17) is 16.3 Å². The predicted molar refractivity (Wildman–Crippen MR) is 151 cm³/mol. The van der Waals surface area contributed by atoms with E-state index in [-0.39, 0.29) is 31.0 Å². The number of carbonyl (C=O) groups excluding carboxylic acids is 2. The number of hydrogen-bond acceptors (Lipinski definition) is 3. The molecule has 0 unspecified atom stereocenters. The molecule has 0 radical (unpaired) electrons. The highest BCUT2D eigenvalue weighted by Crippen LogP contribution is 2.23. The molecule has 5 nitrogen and oxygen atoms in total. The average Bonchev–Trinajstić information content (AvgIpc) is 3.40. The molecule has 1 atom stereocenters. The third-order valence-corrected chi connectivity index (χ3v) is 7.54. The fraction of sp³-hybridized carbons (Fsp3) is 0.310. The number of ether oxygens (including phenoxy) is 1. The van der Waals surface area contributed by atoms with Gasteiger partial charge in [0.05, 0.1) is 0 Å². The maximum absolute atomic E-state index is 13.7. The molecule has 188 valence electrons. The topological polar surface area (TPSA) is 58.6 Å². The first-order valence-electron chi connectivity index (χ1n) is 12.2. The zero-order valence-corrected chi connectivity index (χ0v) is 23.0. The highest BCUT2D eigenvalue weighted by atomic mass is 127. The van der Waals surface area contributed by atoms with Gasteiger partial charge >= 0.3 is 0 Å². The van der Waals surface area contributed by atoms with Crippen molar-refractivity contribution in [3.63, 3.8) is 0 Å². The summed E-state index contributed by atoms with van der Waals surface area (Å²) in [5, 5.41) is 3.77. The highest BCUT2D eigenvalue weighted by molar-refractivity contribution is 14.1. The number of nitrogens with zero attached hydrogens (tertiary/aromatic N) is 1. The molecule has 0 aromatic heterocycles. The zero-order chi connectivity index (χ0) is 25.3. The summed E-state index contributed by atoms with van der Waals surface area (Å²) in [6.07, 6.45) is 4.57. The smallest absolute Gasteiger partial charge is 0.261 e. The number of nitrogens with one attached hydrogen (secondary N) is 1. The van der Waals surface area contributed by atoms with E-state index in [9.17, 15) is 9.59 Å². The van der Waals surface area contributed by atoms with Crippen molar-refractivity contribution in [2.45, 2.75) is 50.7 Å². The third kappa shape index (κ3) is 7.46. The van der Waals surface area contributed by atoms with Crippen molar-refractivity contribution in [2.24, 2.45) is 0 Å². The maximum atomic E-state index is 13.7. The van der Waals surface area contributed by atoms with Crippen LogP contribution < -0.4 is 10.1 Å². The molecule has 0 saturated heterocycles. The van der Waals surface area contributed by atoms with Crippen LogP contribution in [0.5, 0.6) is 5.75 Å². The van der Waals surface area contributed by atoms with Gasteiger partial charge in [-0.3, -0.25) is 9.59 Å². The Bertz CT molecular complexity index is 1150. The lowest BCUT2D eigenvalue weighted by Gasteiger charge is -2.32. The van der Waals surface area contributed by atoms with Crippen molar-refractivity contribution in [2.75, 3.05) is 6.61 Å². The van der Waals surface area contributed by atoms with Crippen LogP contribution in [0.1, 0.15) is 36.8 Å². The van der Waals surface area contributed by atoms with E-state index in [1.807, 2.05) is 72.8 Å². The Morgan fingerprint density at radius 3 is 2.33 bits per heavy atom. The van der Waals surface area contributed by atoms with Crippen LogP contribution in [-0.4, -0.2) is 35.4 Å². The van der Waals surface area contributed by atoms with Gasteiger partial charge in [0.1, 0.15) is 11.8 Å². The van der Waals surface area contributed by atoms with Crippen LogP contribution in [0.25, 0.3) is 0 Å². The molecule has 4 rings (SSSR count). The highest BCUT2D eigenvalue weighted by Gasteiger charge is 2.32. The number of carbonyl (C=O) groups is 2. The lowest BCUT2D eigenvalue weighted by Crippen LogP contribution is -2.53. The molecule has 0 bridgehead atoms. The number of benzene rings is 3. The summed E-state index contributed by atoms with van der Waals surface area (Å²) >= 11 is 8.70. The summed E-state index contributed by atoms with van der Waals surface area (Å²) in [4.78, 5) is 28.9. The molecular formula is C29H30ClIN2O3. The minimum absolute atomic E-state index is 0.138. The van der Waals surface area contributed by atoms with Gasteiger partial charge in [-0.05, 0) is 76.9 Å². The van der Waals surface area contributed by atoms with E-state index in [0.717, 1.165) is 40.4 Å². The van der Waals surface area contributed by atoms with Gasteiger partial charge in [0.25, 0.3) is 5.91 Å². The van der Waals surface area contributed by atoms with Crippen LogP contribution in [0.15, 0.2) is 78.9 Å². The maximum Gasteiger partial charge on any atom is 0.261 e. The summed E-state index contributed by atoms with van der Waals surface area (Å²) in [6, 6.07) is 24.2. The van der Waals surface area contributed by atoms with Crippen molar-refractivity contribution in [3.8, 4) is 5.75 Å². The van der Waals surface area contributed by atoms with Crippen molar-refractivity contribution in [1.82, 2.24) is 10.2 Å². The molecule has 1 aliphatic rings. The molecule has 36 heavy (non-hydrogen) atoms. The molecule has 0 heterocycles. The molecule has 0 aliphatic heterocycles. The van der Waals surface area contributed by atoms with E-state index in [2.05, 4.69) is 27.9 Å². The minimum Gasteiger partial charge on any atom is -0.484 e. The van der Waals surface area contributed by atoms with Gasteiger partial charge < -0.3 is 15.0 Å². The van der Waals surface area contributed by atoms with Gasteiger partial charge in [-0.25, -0.2) is 0 Å². The molecule has 1 fully saturated rings. The van der Waals surface area contributed by atoms with E-state index < -0.39 is 6.04 Å². The molecule has 2 amide bonds. The average molecular weight is 617 g/mol. The molecular weight excluding hydrogens is 587 g/mol. The Morgan fingerprint density at radius 2 is 1.64 bits per heavy atom. The van der Waals surface area contributed by atoms with Crippen LogP contribution in [-0.2, 0) is 22.6 Å². The summed E-state index contributed by atoms with van der Waals surface area (Å²) in [5.74, 6) is 0.202. The monoisotopic (exact) mass is 616 g/mol. The zero-order valence-electron chi connectivity index (χ0n) is 20.0. The summed E-state index contributed by atoms with van der Waals surface area (Å²) < 4.78 is 6.91. The SMILES string of the molecule is O=C(NC1CCCC1)[C@@H](Cc1ccccc1)N(Cc1ccccc1Cl)C(=O)COc1ccc(I)cc1. The Hall–Kier alpha value is -2.58. The molecule has 0 spiro atoms. The molecule has 7 heteroatoms. The molecule has 3 aromatic carbocycles. The molecule has 1 aliphatic carbocycles. The molecule has 3 aromatic rings. The van der Waals surface area contributed by atoms with Gasteiger partial charge in [-0.2, -0.15) is 0 Å². The lowest BCUT2D eigenvalue weighted by atomic mass is 10.0. The van der Waals surface area contributed by atoms with Crippen molar-refractivity contribution in [1.29, 1.82) is 0 Å². The predicted octanol–water partition coefficient (Wildman–Crippen LogP) is 6.02. The van der Waals surface area contributed by atoms with Crippen molar-refractivity contribution in [3.05, 3.63) is 98.6 Å². The largest absolute Gasteiger partial charge is 0.484 e. The molecule has 1 saturated carbocycles. The quantitative estimate of drug-likeness (QED) is 0.284. The van der Waals surface area contributed by atoms with E-state index in [0.29, 0.717) is 17.2 Å². The van der Waals surface area contributed by atoms with Crippen molar-refractivity contribution >= 4 is 46.0 Å². The van der Waals surface area contributed by atoms with Gasteiger partial charge in [0, 0.05) is 27.6 Å². The first-order valence-corrected chi connectivity index (χ1v) is 13.7. The van der Waals surface area contributed by atoms with Gasteiger partial charge in [0.2, 0.25) is 5.91 Å². The van der Waals surface area contributed by atoms with Gasteiger partial charge in [0.15, 0.2) is 6.61 Å². The summed E-state index contributed by atoms with van der Waals surface area (Å²) in [5.41, 5.74) is 1.77. The number of amides is 2.